The summed E-state index contributed by atoms with van der Waals surface area (Å²) >= 11 is 0. The molecule has 0 bridgehead atoms. The average Bonchev–Trinajstić information content (AvgIpc) is 3.20. The topological polar surface area (TPSA) is 63.6 Å². The maximum atomic E-state index is 12.4. The summed E-state index contributed by atoms with van der Waals surface area (Å²) in [6.45, 7) is 9.12. The van der Waals surface area contributed by atoms with E-state index in [1.165, 1.54) is 18.4 Å². The predicted molar refractivity (Wildman–Crippen MR) is 105 cm³/mol. The predicted octanol–water partition coefficient (Wildman–Crippen LogP) is 3.18. The lowest BCUT2D eigenvalue weighted by Crippen LogP contribution is -2.35. The van der Waals surface area contributed by atoms with Crippen molar-refractivity contribution < 1.29 is 9.53 Å². The van der Waals surface area contributed by atoms with Crippen molar-refractivity contribution in [2.45, 2.75) is 58.3 Å². The van der Waals surface area contributed by atoms with Crippen LogP contribution in [-0.2, 0) is 17.8 Å². The number of likely N-dealkylation sites (tertiary alicyclic amines) is 1. The minimum absolute atomic E-state index is 0.0319. The highest BCUT2D eigenvalue weighted by atomic mass is 16.6. The first-order valence-corrected chi connectivity index (χ1v) is 9.69. The lowest BCUT2D eigenvalue weighted by atomic mass is 10.0. The van der Waals surface area contributed by atoms with Gasteiger partial charge in [-0.1, -0.05) is 12.1 Å². The molecule has 1 saturated heterocycles. The van der Waals surface area contributed by atoms with Gasteiger partial charge in [0, 0.05) is 23.6 Å². The highest BCUT2D eigenvalue weighted by Crippen LogP contribution is 2.33. The highest BCUT2D eigenvalue weighted by Gasteiger charge is 2.29. The van der Waals surface area contributed by atoms with E-state index >= 15 is 0 Å². The van der Waals surface area contributed by atoms with Crippen LogP contribution in [0.2, 0.25) is 0 Å². The van der Waals surface area contributed by atoms with E-state index in [1.807, 2.05) is 26.8 Å². The lowest BCUT2D eigenvalue weighted by molar-refractivity contribution is 0.0501. The summed E-state index contributed by atoms with van der Waals surface area (Å²) < 4.78 is 7.17. The summed E-state index contributed by atoms with van der Waals surface area (Å²) in [4.78, 5) is 27.1. The van der Waals surface area contributed by atoms with Gasteiger partial charge in [-0.05, 0) is 58.3 Å². The Balaban J connectivity index is 1.66. The number of hydrogen-bond acceptors (Lipinski definition) is 4. The molecule has 4 rings (SSSR count). The van der Waals surface area contributed by atoms with Crippen molar-refractivity contribution in [1.82, 2.24) is 14.8 Å². The van der Waals surface area contributed by atoms with E-state index in [2.05, 4.69) is 22.3 Å². The Kier molecular flexibility index (Phi) is 4.46. The van der Waals surface area contributed by atoms with Crippen molar-refractivity contribution in [3.63, 3.8) is 0 Å². The van der Waals surface area contributed by atoms with Crippen molar-refractivity contribution >= 4 is 17.0 Å². The molecule has 1 fully saturated rings. The Morgan fingerprint density at radius 2 is 1.93 bits per heavy atom. The second-order valence-corrected chi connectivity index (χ2v) is 8.54. The number of rotatable bonds is 3. The molecule has 0 unspecified atom stereocenters. The van der Waals surface area contributed by atoms with Crippen molar-refractivity contribution in [2.24, 2.45) is 0 Å². The van der Waals surface area contributed by atoms with E-state index in [-0.39, 0.29) is 11.6 Å². The number of carbonyl (C=O) groups excluding carboxylic acids is 1. The van der Waals surface area contributed by atoms with Gasteiger partial charge in [-0.25, -0.2) is 4.79 Å². The molecule has 6 nitrogen and oxygen atoms in total. The van der Waals surface area contributed by atoms with Crippen molar-refractivity contribution in [1.29, 1.82) is 0 Å². The third-order valence-electron chi connectivity index (χ3n) is 5.29. The molecule has 0 aliphatic carbocycles. The number of nitrogens with zero attached hydrogens (tertiary/aromatic N) is 2. The van der Waals surface area contributed by atoms with Gasteiger partial charge in [0.15, 0.2) is 0 Å². The third kappa shape index (κ3) is 3.58. The molecule has 2 aliphatic rings. The molecular formula is C21H27N3O3. The van der Waals surface area contributed by atoms with Crippen molar-refractivity contribution in [2.75, 3.05) is 13.1 Å². The summed E-state index contributed by atoms with van der Waals surface area (Å²) in [5, 5.41) is 4.03. The minimum atomic E-state index is -0.554. The van der Waals surface area contributed by atoms with Crippen LogP contribution in [0.15, 0.2) is 29.1 Å². The molecule has 1 N–H and O–H groups in total. The number of benzene rings is 1. The summed E-state index contributed by atoms with van der Waals surface area (Å²) in [5.41, 5.74) is 2.58. The van der Waals surface area contributed by atoms with Crippen molar-refractivity contribution in [3.05, 3.63) is 45.7 Å². The van der Waals surface area contributed by atoms with E-state index < -0.39 is 11.7 Å². The fourth-order valence-corrected chi connectivity index (χ4v) is 4.14. The van der Waals surface area contributed by atoms with E-state index in [0.717, 1.165) is 36.1 Å². The zero-order valence-corrected chi connectivity index (χ0v) is 16.2. The zero-order valence-electron chi connectivity index (χ0n) is 16.2. The number of ether oxygens (including phenoxy) is 1. The molecule has 27 heavy (non-hydrogen) atoms. The van der Waals surface area contributed by atoms with Crippen LogP contribution >= 0.6 is 0 Å². The molecule has 6 heteroatoms. The molecule has 144 valence electrons. The van der Waals surface area contributed by atoms with Crippen LogP contribution in [0.1, 0.15) is 50.8 Å². The monoisotopic (exact) mass is 369 g/mol. The third-order valence-corrected chi connectivity index (χ3v) is 5.29. The molecule has 0 saturated carbocycles. The Bertz CT molecular complexity index is 936. The molecule has 0 spiro atoms. The van der Waals surface area contributed by atoms with Crippen LogP contribution < -0.4 is 10.9 Å². The second-order valence-electron chi connectivity index (χ2n) is 8.54. The molecule has 0 radical (unpaired) electrons. The smallest absolute Gasteiger partial charge is 0.408 e. The molecule has 3 heterocycles. The maximum absolute atomic E-state index is 12.4. The Morgan fingerprint density at radius 3 is 2.63 bits per heavy atom. The number of pyridine rings is 1. The van der Waals surface area contributed by atoms with Gasteiger partial charge in [0.25, 0.3) is 5.56 Å². The Labute approximate surface area is 159 Å². The van der Waals surface area contributed by atoms with E-state index in [9.17, 15) is 9.59 Å². The van der Waals surface area contributed by atoms with Gasteiger partial charge >= 0.3 is 6.09 Å². The van der Waals surface area contributed by atoms with Crippen LogP contribution in [-0.4, -0.2) is 34.3 Å². The van der Waals surface area contributed by atoms with E-state index in [4.69, 9.17) is 4.74 Å². The Morgan fingerprint density at radius 1 is 1.19 bits per heavy atom. The molecule has 1 aromatic heterocycles. The first-order valence-electron chi connectivity index (χ1n) is 9.69. The molecule has 1 atom stereocenters. The summed E-state index contributed by atoms with van der Waals surface area (Å²) in [7, 11) is 0. The van der Waals surface area contributed by atoms with Crippen LogP contribution in [0.3, 0.4) is 0 Å². The minimum Gasteiger partial charge on any atom is -0.444 e. The Hall–Kier alpha value is -2.34. The van der Waals surface area contributed by atoms with Gasteiger partial charge in [0.05, 0.1) is 18.1 Å². The normalized spacial score (nSPS) is 19.6. The van der Waals surface area contributed by atoms with E-state index in [0.29, 0.717) is 6.54 Å². The second kappa shape index (κ2) is 6.68. The van der Waals surface area contributed by atoms with Crippen LogP contribution in [0.4, 0.5) is 4.79 Å². The van der Waals surface area contributed by atoms with Gasteiger partial charge in [-0.3, -0.25) is 9.69 Å². The average molecular weight is 369 g/mol. The number of amides is 1. The zero-order chi connectivity index (χ0) is 19.2. The number of alkyl carbamates (subject to hydrolysis) is 1. The first-order chi connectivity index (χ1) is 12.8. The number of carbonyl (C=O) groups is 1. The standard InChI is InChI=1S/C21H27N3O3/c1-21(2,3)27-20(26)22-17-13-24-18(25)9-8-15-14(6-7-16(17)19(15)24)12-23-10-4-5-11-23/h6-9,17H,4-5,10-13H2,1-3H3,(H,22,26)/t17-/m0/s1. The summed E-state index contributed by atoms with van der Waals surface area (Å²) in [6, 6.07) is 7.51. The molecule has 1 amide bonds. The van der Waals surface area contributed by atoms with E-state index in [1.54, 1.807) is 10.6 Å². The molecular weight excluding hydrogens is 342 g/mol. The first kappa shape index (κ1) is 18.0. The van der Waals surface area contributed by atoms with Gasteiger partial charge in [-0.15, -0.1) is 0 Å². The number of hydrogen-bond donors (Lipinski definition) is 1. The van der Waals surface area contributed by atoms with Gasteiger partial charge < -0.3 is 14.6 Å². The molecule has 2 aliphatic heterocycles. The number of aromatic nitrogens is 1. The molecule has 1 aromatic carbocycles. The van der Waals surface area contributed by atoms with Crippen LogP contribution in [0, 0.1) is 0 Å². The van der Waals surface area contributed by atoms with Crippen LogP contribution in [0.25, 0.3) is 10.9 Å². The lowest BCUT2D eigenvalue weighted by Gasteiger charge is -2.22. The summed E-state index contributed by atoms with van der Waals surface area (Å²) in [5.74, 6) is 0. The maximum Gasteiger partial charge on any atom is 0.408 e. The summed E-state index contributed by atoms with van der Waals surface area (Å²) in [6.07, 6.45) is 2.05. The highest BCUT2D eigenvalue weighted by molar-refractivity contribution is 5.88. The van der Waals surface area contributed by atoms with Gasteiger partial charge in [-0.2, -0.15) is 0 Å². The number of nitrogens with one attached hydrogen (secondary N) is 1. The van der Waals surface area contributed by atoms with Crippen molar-refractivity contribution in [3.8, 4) is 0 Å². The largest absolute Gasteiger partial charge is 0.444 e. The fourth-order valence-electron chi connectivity index (χ4n) is 4.14. The van der Waals surface area contributed by atoms with Gasteiger partial charge in [0.1, 0.15) is 5.60 Å². The fraction of sp³-hybridized carbons (Fsp3) is 0.524. The SMILES string of the molecule is CC(C)(C)OC(=O)N[C@H]1Cn2c(=O)ccc3c(CN4CCCC4)ccc1c32. The quantitative estimate of drug-likeness (QED) is 0.903. The van der Waals surface area contributed by atoms with Crippen LogP contribution in [0.5, 0.6) is 0 Å². The van der Waals surface area contributed by atoms with Gasteiger partial charge in [0.2, 0.25) is 0 Å². The molecule has 2 aromatic rings.